The molecule has 1 fully saturated rings. The van der Waals surface area contributed by atoms with Gasteiger partial charge >= 0.3 is 0 Å². The molecular formula is C12H23N3O3. The summed E-state index contributed by atoms with van der Waals surface area (Å²) in [5, 5.41) is 5.83. The molecule has 0 spiro atoms. The molecule has 0 aromatic rings. The van der Waals surface area contributed by atoms with E-state index in [9.17, 15) is 9.59 Å². The Morgan fingerprint density at radius 3 is 2.67 bits per heavy atom. The van der Waals surface area contributed by atoms with E-state index in [0.29, 0.717) is 39.2 Å². The van der Waals surface area contributed by atoms with Crippen molar-refractivity contribution in [2.24, 2.45) is 0 Å². The van der Waals surface area contributed by atoms with Gasteiger partial charge in [0.15, 0.2) is 0 Å². The summed E-state index contributed by atoms with van der Waals surface area (Å²) in [5.41, 5.74) is 0. The average Bonchev–Trinajstić information content (AvgIpc) is 2.41. The maximum Gasteiger partial charge on any atom is 0.250 e. The molecular weight excluding hydrogens is 234 g/mol. The van der Waals surface area contributed by atoms with Gasteiger partial charge in [-0.1, -0.05) is 0 Å². The van der Waals surface area contributed by atoms with Crippen LogP contribution in [0.5, 0.6) is 0 Å². The maximum absolute atomic E-state index is 11.7. The van der Waals surface area contributed by atoms with Crippen LogP contribution < -0.4 is 10.6 Å². The molecule has 0 radical (unpaired) electrons. The molecule has 1 aliphatic rings. The Kier molecular flexibility index (Phi) is 6.67. The molecule has 18 heavy (non-hydrogen) atoms. The number of amides is 2. The number of ether oxygens (including phenoxy) is 1. The van der Waals surface area contributed by atoms with E-state index in [1.54, 1.807) is 4.90 Å². The van der Waals surface area contributed by atoms with Gasteiger partial charge in [0.2, 0.25) is 11.8 Å². The lowest BCUT2D eigenvalue weighted by atomic mass is 10.2. The summed E-state index contributed by atoms with van der Waals surface area (Å²) in [7, 11) is 0. The second-order valence-electron chi connectivity index (χ2n) is 4.17. The van der Waals surface area contributed by atoms with Crippen LogP contribution in [-0.4, -0.2) is 62.1 Å². The quantitative estimate of drug-likeness (QED) is 0.663. The highest BCUT2D eigenvalue weighted by atomic mass is 16.5. The second kappa shape index (κ2) is 8.05. The Bertz CT molecular complexity index is 274. The van der Waals surface area contributed by atoms with Crippen LogP contribution in [0.3, 0.4) is 0 Å². The lowest BCUT2D eigenvalue weighted by molar-refractivity contribution is -0.134. The molecule has 6 nitrogen and oxygen atoms in total. The molecule has 0 aliphatic carbocycles. The van der Waals surface area contributed by atoms with Crippen molar-refractivity contribution in [1.29, 1.82) is 0 Å². The smallest absolute Gasteiger partial charge is 0.250 e. The van der Waals surface area contributed by atoms with Crippen LogP contribution in [0, 0.1) is 0 Å². The fourth-order valence-electron chi connectivity index (χ4n) is 1.87. The van der Waals surface area contributed by atoms with Gasteiger partial charge in [-0.2, -0.15) is 0 Å². The van der Waals surface area contributed by atoms with Crippen molar-refractivity contribution in [2.75, 3.05) is 39.3 Å². The lowest BCUT2D eigenvalue weighted by Gasteiger charge is -2.23. The van der Waals surface area contributed by atoms with Crippen LogP contribution >= 0.6 is 0 Å². The first-order valence-electron chi connectivity index (χ1n) is 6.56. The SMILES string of the molecule is CCN(CC)C(=O)CCNC(=O)C1CNCCO1. The molecule has 6 heteroatoms. The van der Waals surface area contributed by atoms with E-state index < -0.39 is 6.10 Å². The highest BCUT2D eigenvalue weighted by Crippen LogP contribution is 1.97. The van der Waals surface area contributed by atoms with E-state index >= 15 is 0 Å². The zero-order valence-electron chi connectivity index (χ0n) is 11.2. The third-order valence-electron chi connectivity index (χ3n) is 2.97. The molecule has 0 saturated carbocycles. The fourth-order valence-corrected chi connectivity index (χ4v) is 1.87. The van der Waals surface area contributed by atoms with Crippen molar-refractivity contribution < 1.29 is 14.3 Å². The van der Waals surface area contributed by atoms with Crippen LogP contribution in [0.2, 0.25) is 0 Å². The minimum atomic E-state index is -0.428. The first kappa shape index (κ1) is 14.9. The van der Waals surface area contributed by atoms with Gasteiger partial charge in [0.1, 0.15) is 6.10 Å². The third kappa shape index (κ3) is 4.62. The van der Waals surface area contributed by atoms with Gasteiger partial charge in [-0.3, -0.25) is 9.59 Å². The predicted octanol–water partition coefficient (Wildman–Crippen LogP) is -0.650. The van der Waals surface area contributed by atoms with Crippen molar-refractivity contribution in [3.8, 4) is 0 Å². The van der Waals surface area contributed by atoms with Crippen LogP contribution in [0.15, 0.2) is 0 Å². The van der Waals surface area contributed by atoms with Gasteiger partial charge in [-0.15, -0.1) is 0 Å². The Hall–Kier alpha value is -1.14. The molecule has 1 rings (SSSR count). The van der Waals surface area contributed by atoms with Crippen molar-refractivity contribution in [2.45, 2.75) is 26.4 Å². The Morgan fingerprint density at radius 2 is 2.11 bits per heavy atom. The van der Waals surface area contributed by atoms with E-state index in [-0.39, 0.29) is 11.8 Å². The van der Waals surface area contributed by atoms with E-state index in [0.717, 1.165) is 6.54 Å². The van der Waals surface area contributed by atoms with Gasteiger partial charge in [0.25, 0.3) is 0 Å². The van der Waals surface area contributed by atoms with Crippen molar-refractivity contribution >= 4 is 11.8 Å². The Labute approximate surface area is 108 Å². The molecule has 1 heterocycles. The minimum absolute atomic E-state index is 0.0722. The number of morpholine rings is 1. The van der Waals surface area contributed by atoms with E-state index in [2.05, 4.69) is 10.6 Å². The van der Waals surface area contributed by atoms with Crippen LogP contribution in [0.1, 0.15) is 20.3 Å². The predicted molar refractivity (Wildman–Crippen MR) is 68.2 cm³/mol. The van der Waals surface area contributed by atoms with Gasteiger partial charge in [0.05, 0.1) is 6.61 Å². The highest BCUT2D eigenvalue weighted by Gasteiger charge is 2.21. The van der Waals surface area contributed by atoms with Gasteiger partial charge in [-0.05, 0) is 13.8 Å². The topological polar surface area (TPSA) is 70.7 Å². The van der Waals surface area contributed by atoms with E-state index in [4.69, 9.17) is 4.74 Å². The average molecular weight is 257 g/mol. The second-order valence-corrected chi connectivity index (χ2v) is 4.17. The first-order chi connectivity index (χ1) is 8.69. The molecule has 1 aliphatic heterocycles. The largest absolute Gasteiger partial charge is 0.366 e. The third-order valence-corrected chi connectivity index (χ3v) is 2.97. The maximum atomic E-state index is 11.7. The summed E-state index contributed by atoms with van der Waals surface area (Å²) in [5.74, 6) is -0.0717. The zero-order chi connectivity index (χ0) is 13.4. The van der Waals surface area contributed by atoms with Crippen molar-refractivity contribution in [3.63, 3.8) is 0 Å². The molecule has 1 atom stereocenters. The minimum Gasteiger partial charge on any atom is -0.366 e. The Balaban J connectivity index is 2.20. The molecule has 1 unspecified atom stereocenters. The highest BCUT2D eigenvalue weighted by molar-refractivity contribution is 5.82. The van der Waals surface area contributed by atoms with Gasteiger partial charge in [-0.25, -0.2) is 0 Å². The van der Waals surface area contributed by atoms with Crippen molar-refractivity contribution in [3.05, 3.63) is 0 Å². The summed E-state index contributed by atoms with van der Waals surface area (Å²) in [6.07, 6.45) is -0.0876. The molecule has 1 saturated heterocycles. The molecule has 2 amide bonds. The number of hydrogen-bond donors (Lipinski definition) is 2. The monoisotopic (exact) mass is 257 g/mol. The number of hydrogen-bond acceptors (Lipinski definition) is 4. The molecule has 104 valence electrons. The zero-order valence-corrected chi connectivity index (χ0v) is 11.2. The first-order valence-corrected chi connectivity index (χ1v) is 6.56. The number of rotatable bonds is 6. The summed E-state index contributed by atoms with van der Waals surface area (Å²) < 4.78 is 5.32. The molecule has 0 bridgehead atoms. The molecule has 0 aromatic heterocycles. The number of nitrogens with one attached hydrogen (secondary N) is 2. The van der Waals surface area contributed by atoms with Gasteiger partial charge < -0.3 is 20.3 Å². The Morgan fingerprint density at radius 1 is 1.39 bits per heavy atom. The van der Waals surface area contributed by atoms with Crippen LogP contribution in [-0.2, 0) is 14.3 Å². The van der Waals surface area contributed by atoms with Crippen molar-refractivity contribution in [1.82, 2.24) is 15.5 Å². The molecule has 0 aromatic carbocycles. The van der Waals surface area contributed by atoms with E-state index in [1.807, 2.05) is 13.8 Å². The number of nitrogens with zero attached hydrogens (tertiary/aromatic N) is 1. The molecule has 2 N–H and O–H groups in total. The number of carbonyl (C=O) groups is 2. The summed E-state index contributed by atoms with van der Waals surface area (Å²) in [4.78, 5) is 25.1. The lowest BCUT2D eigenvalue weighted by Crippen LogP contribution is -2.48. The normalized spacial score (nSPS) is 19.3. The van der Waals surface area contributed by atoms with Crippen LogP contribution in [0.25, 0.3) is 0 Å². The summed E-state index contributed by atoms with van der Waals surface area (Å²) >= 11 is 0. The number of carbonyl (C=O) groups excluding carboxylic acids is 2. The summed E-state index contributed by atoms with van der Waals surface area (Å²) in [6.45, 7) is 7.55. The summed E-state index contributed by atoms with van der Waals surface area (Å²) in [6, 6.07) is 0. The standard InChI is InChI=1S/C12H23N3O3/c1-3-15(4-2)11(16)5-6-14-12(17)10-9-13-7-8-18-10/h10,13H,3-9H2,1-2H3,(H,14,17). The van der Waals surface area contributed by atoms with E-state index in [1.165, 1.54) is 0 Å². The fraction of sp³-hybridized carbons (Fsp3) is 0.833. The van der Waals surface area contributed by atoms with Gasteiger partial charge in [0, 0.05) is 39.1 Å². The van der Waals surface area contributed by atoms with Crippen LogP contribution in [0.4, 0.5) is 0 Å².